The van der Waals surface area contributed by atoms with Gasteiger partial charge in [0.05, 0.1) is 13.4 Å². The summed E-state index contributed by atoms with van der Waals surface area (Å²) >= 11 is 0. The fourth-order valence-electron chi connectivity index (χ4n) is 4.96. The maximum absolute atomic E-state index is 11.7. The summed E-state index contributed by atoms with van der Waals surface area (Å²) in [6, 6.07) is 6.47. The number of rotatable bonds is 7. The molecular formula is C21H34N2O3S. The molecule has 0 aromatic heterocycles. The number of nitrogens with zero attached hydrogens (tertiary/aromatic N) is 1. The molecular weight excluding hydrogens is 360 g/mol. The number of piperidine rings is 1. The van der Waals surface area contributed by atoms with Crippen LogP contribution in [0.15, 0.2) is 18.2 Å². The Hall–Kier alpha value is -1.11. The molecule has 6 heteroatoms. The van der Waals surface area contributed by atoms with Crippen molar-refractivity contribution in [1.82, 2.24) is 4.31 Å². The molecule has 1 heterocycles. The van der Waals surface area contributed by atoms with Gasteiger partial charge in [0.15, 0.2) is 0 Å². The van der Waals surface area contributed by atoms with Crippen molar-refractivity contribution in [3.63, 3.8) is 0 Å². The Morgan fingerprint density at radius 3 is 2.59 bits per heavy atom. The van der Waals surface area contributed by atoms with E-state index in [1.54, 1.807) is 11.4 Å². The van der Waals surface area contributed by atoms with Gasteiger partial charge in [0.2, 0.25) is 10.0 Å². The monoisotopic (exact) mass is 394 g/mol. The van der Waals surface area contributed by atoms with Gasteiger partial charge >= 0.3 is 0 Å². The molecule has 1 fully saturated rings. The molecule has 152 valence electrons. The van der Waals surface area contributed by atoms with Crippen LogP contribution in [0.1, 0.15) is 43.2 Å². The van der Waals surface area contributed by atoms with Crippen molar-refractivity contribution in [1.29, 1.82) is 0 Å². The Labute approximate surface area is 164 Å². The van der Waals surface area contributed by atoms with Crippen LogP contribution in [-0.4, -0.2) is 45.7 Å². The molecule has 0 saturated carbocycles. The predicted octanol–water partition coefficient (Wildman–Crippen LogP) is 2.83. The quantitative estimate of drug-likeness (QED) is 0.772. The second kappa shape index (κ2) is 8.93. The van der Waals surface area contributed by atoms with E-state index in [-0.39, 0.29) is 0 Å². The van der Waals surface area contributed by atoms with Gasteiger partial charge in [-0.3, -0.25) is 0 Å². The van der Waals surface area contributed by atoms with Crippen LogP contribution in [0.25, 0.3) is 0 Å². The van der Waals surface area contributed by atoms with Crippen molar-refractivity contribution in [2.75, 3.05) is 33.0 Å². The third-order valence-electron chi connectivity index (χ3n) is 6.56. The molecule has 1 aliphatic heterocycles. The first-order valence-corrected chi connectivity index (χ1v) is 12.1. The summed E-state index contributed by atoms with van der Waals surface area (Å²) < 4.78 is 30.5. The van der Waals surface area contributed by atoms with Gasteiger partial charge in [0.1, 0.15) is 5.75 Å². The maximum atomic E-state index is 11.7. The number of benzene rings is 1. The minimum Gasteiger partial charge on any atom is -0.497 e. The van der Waals surface area contributed by atoms with Crippen LogP contribution < -0.4 is 10.5 Å². The number of hydrogen-bond donors (Lipinski definition) is 1. The molecule has 2 aliphatic rings. The van der Waals surface area contributed by atoms with Crippen molar-refractivity contribution in [3.05, 3.63) is 29.3 Å². The SMILES string of the molecule is COc1ccc2c(c1)C[C@H](C(CCN)CC1CCN(S(C)(=O)=O)CC1)CC2. The van der Waals surface area contributed by atoms with E-state index < -0.39 is 10.0 Å². The zero-order valence-electron chi connectivity index (χ0n) is 16.7. The third kappa shape index (κ3) is 5.24. The van der Waals surface area contributed by atoms with Crippen LogP contribution in [0.3, 0.4) is 0 Å². The van der Waals surface area contributed by atoms with Gasteiger partial charge in [-0.2, -0.15) is 0 Å². The number of hydrogen-bond acceptors (Lipinski definition) is 4. The van der Waals surface area contributed by atoms with E-state index in [0.717, 1.165) is 44.4 Å². The summed E-state index contributed by atoms with van der Waals surface area (Å²) in [4.78, 5) is 0. The minimum atomic E-state index is -3.05. The highest BCUT2D eigenvalue weighted by Gasteiger charge is 2.31. The molecule has 3 rings (SSSR count). The topological polar surface area (TPSA) is 72.6 Å². The smallest absolute Gasteiger partial charge is 0.211 e. The highest BCUT2D eigenvalue weighted by molar-refractivity contribution is 7.88. The predicted molar refractivity (Wildman–Crippen MR) is 109 cm³/mol. The zero-order valence-corrected chi connectivity index (χ0v) is 17.5. The molecule has 0 radical (unpaired) electrons. The first-order chi connectivity index (χ1) is 12.9. The fraction of sp³-hybridized carbons (Fsp3) is 0.714. The summed E-state index contributed by atoms with van der Waals surface area (Å²) in [6.07, 6.45) is 8.99. The number of ether oxygens (including phenoxy) is 1. The first kappa shape index (κ1) is 20.6. The number of methoxy groups -OCH3 is 1. The lowest BCUT2D eigenvalue weighted by molar-refractivity contribution is 0.188. The normalized spacial score (nSPS) is 23.0. The van der Waals surface area contributed by atoms with Crippen molar-refractivity contribution < 1.29 is 13.2 Å². The summed E-state index contributed by atoms with van der Waals surface area (Å²) in [5.74, 6) is 2.86. The first-order valence-electron chi connectivity index (χ1n) is 10.2. The molecule has 2 atom stereocenters. The number of fused-ring (bicyclic) bond motifs is 1. The van der Waals surface area contributed by atoms with E-state index in [9.17, 15) is 8.42 Å². The zero-order chi connectivity index (χ0) is 19.4. The van der Waals surface area contributed by atoms with Gasteiger partial charge in [-0.25, -0.2) is 12.7 Å². The molecule has 27 heavy (non-hydrogen) atoms. The number of nitrogens with two attached hydrogens (primary N) is 1. The third-order valence-corrected chi connectivity index (χ3v) is 7.87. The summed E-state index contributed by atoms with van der Waals surface area (Å²) in [7, 11) is -1.32. The average molecular weight is 395 g/mol. The van der Waals surface area contributed by atoms with Crippen LogP contribution in [0.2, 0.25) is 0 Å². The second-order valence-corrected chi connectivity index (χ2v) is 10.3. The molecule has 0 spiro atoms. The van der Waals surface area contributed by atoms with Gasteiger partial charge in [-0.15, -0.1) is 0 Å². The van der Waals surface area contributed by atoms with Crippen molar-refractivity contribution in [3.8, 4) is 5.75 Å². The molecule has 0 bridgehead atoms. The van der Waals surface area contributed by atoms with Crippen LogP contribution >= 0.6 is 0 Å². The molecule has 1 aliphatic carbocycles. The van der Waals surface area contributed by atoms with Crippen LogP contribution in [0.5, 0.6) is 5.75 Å². The van der Waals surface area contributed by atoms with Crippen molar-refractivity contribution in [2.24, 2.45) is 23.5 Å². The Morgan fingerprint density at radius 1 is 1.22 bits per heavy atom. The Balaban J connectivity index is 1.62. The summed E-state index contributed by atoms with van der Waals surface area (Å²) in [5, 5.41) is 0. The molecule has 0 amide bonds. The van der Waals surface area contributed by atoms with Gasteiger partial charge in [0, 0.05) is 13.1 Å². The van der Waals surface area contributed by atoms with Gasteiger partial charge in [-0.1, -0.05) is 6.07 Å². The lowest BCUT2D eigenvalue weighted by Crippen LogP contribution is -2.38. The van der Waals surface area contributed by atoms with Crippen LogP contribution in [-0.2, 0) is 22.9 Å². The van der Waals surface area contributed by atoms with E-state index in [2.05, 4.69) is 18.2 Å². The van der Waals surface area contributed by atoms with Gasteiger partial charge in [0.25, 0.3) is 0 Å². The molecule has 1 aromatic carbocycles. The van der Waals surface area contributed by atoms with Crippen molar-refractivity contribution >= 4 is 10.0 Å². The Kier molecular flexibility index (Phi) is 6.82. The standard InChI is InChI=1S/C21H34N2O3S/c1-26-21-6-5-17-3-4-18(14-20(17)15-21)19(7-10-22)13-16-8-11-23(12-9-16)27(2,24)25/h5-6,15-16,18-19H,3-4,7-14,22H2,1-2H3/t18-,19?/m1/s1. The lowest BCUT2D eigenvalue weighted by Gasteiger charge is -2.36. The van der Waals surface area contributed by atoms with E-state index in [4.69, 9.17) is 10.5 Å². The maximum Gasteiger partial charge on any atom is 0.211 e. The van der Waals surface area contributed by atoms with Gasteiger partial charge < -0.3 is 10.5 Å². The summed E-state index contributed by atoms with van der Waals surface area (Å²) in [6.45, 7) is 2.07. The van der Waals surface area contributed by atoms with Crippen LogP contribution in [0, 0.1) is 17.8 Å². The lowest BCUT2D eigenvalue weighted by atomic mass is 9.72. The van der Waals surface area contributed by atoms with E-state index in [1.807, 2.05) is 0 Å². The molecule has 1 saturated heterocycles. The Morgan fingerprint density at radius 2 is 1.96 bits per heavy atom. The molecule has 1 unspecified atom stereocenters. The Bertz CT molecular complexity index is 727. The van der Waals surface area contributed by atoms with E-state index in [1.165, 1.54) is 30.2 Å². The highest BCUT2D eigenvalue weighted by Crippen LogP contribution is 2.38. The fourth-order valence-corrected chi connectivity index (χ4v) is 5.83. The second-order valence-electron chi connectivity index (χ2n) is 8.32. The number of sulfonamides is 1. The highest BCUT2D eigenvalue weighted by atomic mass is 32.2. The van der Waals surface area contributed by atoms with Gasteiger partial charge in [-0.05, 0) is 92.5 Å². The largest absolute Gasteiger partial charge is 0.497 e. The molecule has 1 aromatic rings. The molecule has 2 N–H and O–H groups in total. The van der Waals surface area contributed by atoms with E-state index in [0.29, 0.717) is 30.8 Å². The minimum absolute atomic E-state index is 0.617. The van der Waals surface area contributed by atoms with E-state index >= 15 is 0 Å². The molecule has 5 nitrogen and oxygen atoms in total. The number of aryl methyl sites for hydroxylation is 1. The summed E-state index contributed by atoms with van der Waals surface area (Å²) in [5.41, 5.74) is 8.84. The van der Waals surface area contributed by atoms with Crippen LogP contribution in [0.4, 0.5) is 0 Å². The van der Waals surface area contributed by atoms with Crippen molar-refractivity contribution in [2.45, 2.75) is 44.9 Å². The average Bonchev–Trinajstić information content (AvgIpc) is 2.66.